The third kappa shape index (κ3) is 4.17. The van der Waals surface area contributed by atoms with Gasteiger partial charge < -0.3 is 14.2 Å². The van der Waals surface area contributed by atoms with Crippen LogP contribution < -0.4 is 9.47 Å². The van der Waals surface area contributed by atoms with Gasteiger partial charge in [-0.1, -0.05) is 28.7 Å². The van der Waals surface area contributed by atoms with Gasteiger partial charge in [0.1, 0.15) is 0 Å². The second-order valence-corrected chi connectivity index (χ2v) is 4.08. The van der Waals surface area contributed by atoms with Gasteiger partial charge in [-0.15, -0.1) is 0 Å². The Labute approximate surface area is 110 Å². The third-order valence-corrected chi connectivity index (χ3v) is 3.01. The van der Waals surface area contributed by atoms with Gasteiger partial charge in [0.05, 0.1) is 13.7 Å². The fraction of sp³-hybridized carbons (Fsp3) is 0.500. The van der Waals surface area contributed by atoms with Crippen molar-refractivity contribution in [2.75, 3.05) is 27.4 Å². The van der Waals surface area contributed by atoms with E-state index in [9.17, 15) is 0 Å². The highest BCUT2D eigenvalue weighted by Crippen LogP contribution is 2.28. The minimum absolute atomic E-state index is 0.648. The molecule has 16 heavy (non-hydrogen) atoms. The molecule has 0 fully saturated rings. The molecule has 0 amide bonds. The molecule has 1 aromatic carbocycles. The van der Waals surface area contributed by atoms with Gasteiger partial charge in [-0.2, -0.15) is 0 Å². The van der Waals surface area contributed by atoms with E-state index in [0.29, 0.717) is 13.2 Å². The largest absolute Gasteiger partial charge is 0.493 e. The maximum absolute atomic E-state index is 5.66. The van der Waals surface area contributed by atoms with Gasteiger partial charge in [-0.3, -0.25) is 0 Å². The summed E-state index contributed by atoms with van der Waals surface area (Å²) in [5.74, 6) is 1.60. The van der Waals surface area contributed by atoms with Gasteiger partial charge in [0.25, 0.3) is 0 Å². The maximum Gasteiger partial charge on any atom is 0.161 e. The van der Waals surface area contributed by atoms with Crippen LogP contribution in [0.15, 0.2) is 18.2 Å². The van der Waals surface area contributed by atoms with E-state index in [2.05, 4.69) is 22.6 Å². The molecule has 0 N–H and O–H groups in total. The molecule has 0 aromatic heterocycles. The van der Waals surface area contributed by atoms with Crippen molar-refractivity contribution in [3.8, 4) is 11.5 Å². The van der Waals surface area contributed by atoms with Crippen molar-refractivity contribution in [1.29, 1.82) is 0 Å². The summed E-state index contributed by atoms with van der Waals surface area (Å²) in [7, 11) is 3.35. The zero-order valence-electron chi connectivity index (χ0n) is 9.66. The van der Waals surface area contributed by atoms with Gasteiger partial charge in [0.15, 0.2) is 11.5 Å². The molecular weight excluding hydrogens is 319 g/mol. The van der Waals surface area contributed by atoms with Crippen molar-refractivity contribution in [3.05, 3.63) is 23.8 Å². The minimum Gasteiger partial charge on any atom is -0.493 e. The lowest BCUT2D eigenvalue weighted by Crippen LogP contribution is -2.02. The van der Waals surface area contributed by atoms with Crippen LogP contribution in [0.1, 0.15) is 12.0 Å². The first-order valence-corrected chi connectivity index (χ1v) is 6.69. The molecule has 4 heteroatoms. The summed E-state index contributed by atoms with van der Waals surface area (Å²) in [4.78, 5) is 0. The van der Waals surface area contributed by atoms with E-state index in [0.717, 1.165) is 22.3 Å². The Bertz CT molecular complexity index is 315. The van der Waals surface area contributed by atoms with Crippen LogP contribution in [0.2, 0.25) is 0 Å². The number of ether oxygens (including phenoxy) is 3. The summed E-state index contributed by atoms with van der Waals surface area (Å²) in [6.07, 6.45) is 0.883. The van der Waals surface area contributed by atoms with Crippen LogP contribution in [-0.4, -0.2) is 27.4 Å². The Morgan fingerprint density at radius 2 is 1.94 bits per heavy atom. The maximum atomic E-state index is 5.66. The molecule has 0 radical (unpaired) electrons. The topological polar surface area (TPSA) is 27.7 Å². The van der Waals surface area contributed by atoms with E-state index in [1.54, 1.807) is 14.2 Å². The number of rotatable bonds is 7. The Kier molecular flexibility index (Phi) is 6.56. The highest BCUT2D eigenvalue weighted by molar-refractivity contribution is 14.1. The number of alkyl halides is 1. The van der Waals surface area contributed by atoms with E-state index in [4.69, 9.17) is 14.2 Å². The molecule has 0 unspecified atom stereocenters. The summed E-state index contributed by atoms with van der Waals surface area (Å²) in [5, 5.41) is 0. The highest BCUT2D eigenvalue weighted by atomic mass is 127. The standard InChI is InChI=1S/C12H17IO3/c1-14-6-3-7-16-12-8-10(9-13)4-5-11(12)15-2/h4-5,8H,3,6-7,9H2,1-2H3. The number of methoxy groups -OCH3 is 2. The molecule has 90 valence electrons. The van der Waals surface area contributed by atoms with E-state index in [1.807, 2.05) is 18.2 Å². The predicted octanol–water partition coefficient (Wildman–Crippen LogP) is 3.05. The van der Waals surface area contributed by atoms with Crippen LogP contribution in [0, 0.1) is 0 Å². The minimum atomic E-state index is 0.648. The second-order valence-electron chi connectivity index (χ2n) is 3.31. The molecule has 0 heterocycles. The lowest BCUT2D eigenvalue weighted by molar-refractivity contribution is 0.170. The van der Waals surface area contributed by atoms with Crippen LogP contribution in [0.25, 0.3) is 0 Å². The molecule has 1 rings (SSSR count). The van der Waals surface area contributed by atoms with E-state index in [-0.39, 0.29) is 0 Å². The van der Waals surface area contributed by atoms with Gasteiger partial charge in [-0.05, 0) is 17.7 Å². The molecule has 1 aromatic rings. The van der Waals surface area contributed by atoms with Crippen LogP contribution in [0.4, 0.5) is 0 Å². The smallest absolute Gasteiger partial charge is 0.161 e. The SMILES string of the molecule is COCCCOc1cc(CI)ccc1OC. The molecule has 0 aliphatic heterocycles. The molecule has 0 atom stereocenters. The van der Waals surface area contributed by atoms with E-state index < -0.39 is 0 Å². The summed E-state index contributed by atoms with van der Waals surface area (Å²) >= 11 is 2.33. The predicted molar refractivity (Wildman–Crippen MR) is 72.7 cm³/mol. The van der Waals surface area contributed by atoms with Gasteiger partial charge in [0.2, 0.25) is 0 Å². The summed E-state index contributed by atoms with van der Waals surface area (Å²) in [6, 6.07) is 6.02. The van der Waals surface area contributed by atoms with Crippen molar-refractivity contribution in [2.45, 2.75) is 10.8 Å². The van der Waals surface area contributed by atoms with Crippen LogP contribution in [-0.2, 0) is 9.16 Å². The summed E-state index contributed by atoms with van der Waals surface area (Å²) in [6.45, 7) is 1.36. The molecule has 0 bridgehead atoms. The first kappa shape index (κ1) is 13.6. The normalized spacial score (nSPS) is 10.2. The van der Waals surface area contributed by atoms with Crippen molar-refractivity contribution < 1.29 is 14.2 Å². The van der Waals surface area contributed by atoms with Crippen molar-refractivity contribution >= 4 is 22.6 Å². The fourth-order valence-corrected chi connectivity index (χ4v) is 1.78. The molecule has 0 aliphatic carbocycles. The molecule has 3 nitrogen and oxygen atoms in total. The third-order valence-electron chi connectivity index (χ3n) is 2.13. The molecule has 0 saturated carbocycles. The Morgan fingerprint density at radius 3 is 2.56 bits per heavy atom. The molecule has 0 saturated heterocycles. The fourth-order valence-electron chi connectivity index (χ4n) is 1.30. The summed E-state index contributed by atoms with van der Waals surface area (Å²) < 4.78 is 16.8. The van der Waals surface area contributed by atoms with E-state index in [1.165, 1.54) is 5.56 Å². The number of hydrogen-bond acceptors (Lipinski definition) is 3. The van der Waals surface area contributed by atoms with Gasteiger partial charge >= 0.3 is 0 Å². The van der Waals surface area contributed by atoms with E-state index >= 15 is 0 Å². The first-order chi connectivity index (χ1) is 7.81. The summed E-state index contributed by atoms with van der Waals surface area (Å²) in [5.41, 5.74) is 1.24. The average Bonchev–Trinajstić information content (AvgIpc) is 2.34. The number of benzene rings is 1. The zero-order valence-corrected chi connectivity index (χ0v) is 11.8. The van der Waals surface area contributed by atoms with Crippen LogP contribution in [0.3, 0.4) is 0 Å². The van der Waals surface area contributed by atoms with Crippen LogP contribution >= 0.6 is 22.6 Å². The Morgan fingerprint density at radius 1 is 1.12 bits per heavy atom. The van der Waals surface area contributed by atoms with Gasteiger partial charge in [0, 0.05) is 24.6 Å². The quantitative estimate of drug-likeness (QED) is 0.435. The first-order valence-electron chi connectivity index (χ1n) is 5.16. The van der Waals surface area contributed by atoms with Gasteiger partial charge in [-0.25, -0.2) is 0 Å². The Hall–Kier alpha value is -0.490. The average molecular weight is 336 g/mol. The monoisotopic (exact) mass is 336 g/mol. The van der Waals surface area contributed by atoms with Crippen molar-refractivity contribution in [3.63, 3.8) is 0 Å². The zero-order chi connectivity index (χ0) is 11.8. The number of hydrogen-bond donors (Lipinski definition) is 0. The van der Waals surface area contributed by atoms with Crippen molar-refractivity contribution in [2.24, 2.45) is 0 Å². The Balaban J connectivity index is 2.60. The lowest BCUT2D eigenvalue weighted by atomic mass is 10.2. The molecular formula is C12H17IO3. The lowest BCUT2D eigenvalue weighted by Gasteiger charge is -2.11. The number of halogens is 1. The molecule has 0 aliphatic rings. The highest BCUT2D eigenvalue weighted by Gasteiger charge is 2.05. The second kappa shape index (κ2) is 7.73. The van der Waals surface area contributed by atoms with Crippen LogP contribution in [0.5, 0.6) is 11.5 Å². The van der Waals surface area contributed by atoms with Crippen molar-refractivity contribution in [1.82, 2.24) is 0 Å². The molecule has 0 spiro atoms.